The van der Waals surface area contributed by atoms with Crippen LogP contribution in [0.3, 0.4) is 0 Å². The van der Waals surface area contributed by atoms with Gasteiger partial charge in [-0.15, -0.1) is 0 Å². The van der Waals surface area contributed by atoms with Gasteiger partial charge in [0.05, 0.1) is 12.0 Å². The number of amides is 4. The van der Waals surface area contributed by atoms with Gasteiger partial charge in [0.25, 0.3) is 0 Å². The van der Waals surface area contributed by atoms with Crippen molar-refractivity contribution < 1.29 is 28.3 Å². The summed E-state index contributed by atoms with van der Waals surface area (Å²) < 4.78 is 11.6. The first-order chi connectivity index (χ1) is 20.4. The van der Waals surface area contributed by atoms with E-state index in [1.165, 1.54) is 34.6 Å². The van der Waals surface area contributed by atoms with E-state index in [-0.39, 0.29) is 36.1 Å². The number of aliphatic imine (C=N–C) groups is 1. The normalized spacial score (nSPS) is 18.7. The summed E-state index contributed by atoms with van der Waals surface area (Å²) in [6.45, 7) is 5.98. The third kappa shape index (κ3) is 6.54. The van der Waals surface area contributed by atoms with Gasteiger partial charge < -0.3 is 25.1 Å². The van der Waals surface area contributed by atoms with Crippen LogP contribution >= 0.6 is 11.6 Å². The summed E-state index contributed by atoms with van der Waals surface area (Å²) in [5, 5.41) is 3.27. The predicted octanol–water partition coefficient (Wildman–Crippen LogP) is 3.66. The van der Waals surface area contributed by atoms with Gasteiger partial charge in [0.2, 0.25) is 11.8 Å². The number of oxazole rings is 1. The Morgan fingerprint density at radius 2 is 1.91 bits per heavy atom. The van der Waals surface area contributed by atoms with Gasteiger partial charge in [0.1, 0.15) is 47.8 Å². The Bertz CT molecular complexity index is 1580. The van der Waals surface area contributed by atoms with Crippen LogP contribution < -0.4 is 15.8 Å². The fourth-order valence-electron chi connectivity index (χ4n) is 5.03. The molecule has 13 heteroatoms. The second-order valence-electron chi connectivity index (χ2n) is 11.2. The van der Waals surface area contributed by atoms with E-state index in [0.29, 0.717) is 22.8 Å². The first kappa shape index (κ1) is 29.8. The molecule has 2 aromatic carbocycles. The fraction of sp³-hybridized carbons (Fsp3) is 0.333. The molecule has 0 spiro atoms. The van der Waals surface area contributed by atoms with Crippen LogP contribution in [-0.2, 0) is 9.59 Å². The number of nitrogens with two attached hydrogens (primary N) is 1. The number of benzene rings is 2. The average molecular weight is 607 g/mol. The Morgan fingerprint density at radius 1 is 1.16 bits per heavy atom. The molecule has 43 heavy (non-hydrogen) atoms. The summed E-state index contributed by atoms with van der Waals surface area (Å²) in [6, 6.07) is 9.93. The van der Waals surface area contributed by atoms with Crippen molar-refractivity contribution in [2.45, 2.75) is 44.9 Å². The minimum atomic E-state index is -0.758. The predicted molar refractivity (Wildman–Crippen MR) is 157 cm³/mol. The van der Waals surface area contributed by atoms with Gasteiger partial charge in [0.15, 0.2) is 12.2 Å². The number of urea groups is 1. The second-order valence-corrected chi connectivity index (χ2v) is 11.7. The molecule has 0 aliphatic carbocycles. The Labute approximate surface area is 252 Å². The average Bonchev–Trinajstić information content (AvgIpc) is 3.60. The fourth-order valence-corrected chi connectivity index (χ4v) is 5.16. The molecule has 2 atom stereocenters. The number of carbonyl (C=O) groups is 4. The smallest absolute Gasteiger partial charge is 0.326 e. The van der Waals surface area contributed by atoms with Crippen molar-refractivity contribution in [3.05, 3.63) is 82.5 Å². The SMILES string of the molecule is CC(C)(C)Oc1cc(C(=O)CC(N)=O)ccc1C1=N[C@@H](c2ccc(Cl)cc2)[C@@H](c2cocn2)N1C(=O)N1CCNC(=O)C1. The number of aromatic nitrogens is 1. The lowest BCUT2D eigenvalue weighted by Gasteiger charge is -2.35. The molecule has 224 valence electrons. The molecule has 12 nitrogen and oxygen atoms in total. The zero-order valence-electron chi connectivity index (χ0n) is 23.9. The largest absolute Gasteiger partial charge is 0.487 e. The van der Waals surface area contributed by atoms with Crippen molar-refractivity contribution >= 4 is 41.1 Å². The number of ketones is 1. The van der Waals surface area contributed by atoms with Crippen LogP contribution in [0.4, 0.5) is 4.79 Å². The van der Waals surface area contributed by atoms with Gasteiger partial charge in [-0.1, -0.05) is 29.8 Å². The first-order valence-corrected chi connectivity index (χ1v) is 14.0. The minimum absolute atomic E-state index is 0.133. The number of nitrogens with one attached hydrogen (secondary N) is 1. The Hall–Kier alpha value is -4.71. The second kappa shape index (κ2) is 11.9. The summed E-state index contributed by atoms with van der Waals surface area (Å²) in [5.74, 6) is -0.990. The maximum atomic E-state index is 14.3. The van der Waals surface area contributed by atoms with Gasteiger partial charge in [-0.25, -0.2) is 9.78 Å². The highest BCUT2D eigenvalue weighted by Gasteiger charge is 2.46. The quantitative estimate of drug-likeness (QED) is 0.306. The van der Waals surface area contributed by atoms with E-state index in [2.05, 4.69) is 10.3 Å². The molecular weight excluding hydrogens is 576 g/mol. The molecule has 2 aliphatic rings. The number of hydrogen-bond donors (Lipinski definition) is 2. The van der Waals surface area contributed by atoms with E-state index in [1.807, 2.05) is 32.9 Å². The molecule has 0 unspecified atom stereocenters. The zero-order chi connectivity index (χ0) is 30.9. The molecule has 5 rings (SSSR count). The number of hydrogen-bond acceptors (Lipinski definition) is 8. The van der Waals surface area contributed by atoms with Gasteiger partial charge in [0, 0.05) is 23.7 Å². The van der Waals surface area contributed by atoms with Crippen molar-refractivity contribution in [1.29, 1.82) is 0 Å². The van der Waals surface area contributed by atoms with Crippen LogP contribution in [0.1, 0.15) is 66.5 Å². The Morgan fingerprint density at radius 3 is 2.53 bits per heavy atom. The summed E-state index contributed by atoms with van der Waals surface area (Å²) in [6.07, 6.45) is 2.26. The van der Waals surface area contributed by atoms with E-state index in [0.717, 1.165) is 5.56 Å². The van der Waals surface area contributed by atoms with Gasteiger partial charge in [-0.3, -0.25) is 24.3 Å². The minimum Gasteiger partial charge on any atom is -0.487 e. The molecule has 1 aromatic heterocycles. The zero-order valence-corrected chi connectivity index (χ0v) is 24.6. The molecule has 0 radical (unpaired) electrons. The highest BCUT2D eigenvalue weighted by atomic mass is 35.5. The van der Waals surface area contributed by atoms with E-state index in [1.54, 1.807) is 18.2 Å². The maximum Gasteiger partial charge on any atom is 0.326 e. The molecule has 2 aliphatic heterocycles. The molecule has 4 amide bonds. The Balaban J connectivity index is 1.69. The van der Waals surface area contributed by atoms with E-state index >= 15 is 0 Å². The van der Waals surface area contributed by atoms with Crippen molar-refractivity contribution in [3.63, 3.8) is 0 Å². The van der Waals surface area contributed by atoms with Crippen LogP contribution in [0.25, 0.3) is 0 Å². The van der Waals surface area contributed by atoms with Crippen molar-refractivity contribution in [1.82, 2.24) is 20.1 Å². The van der Waals surface area contributed by atoms with Gasteiger partial charge in [-0.05, 0) is 50.6 Å². The number of Topliss-reactive ketones (excluding diaryl/α,β-unsaturated/α-hetero) is 1. The lowest BCUT2D eigenvalue weighted by molar-refractivity contribution is -0.123. The topological polar surface area (TPSA) is 160 Å². The van der Waals surface area contributed by atoms with Crippen LogP contribution in [0.2, 0.25) is 5.02 Å². The molecule has 3 N–H and O–H groups in total. The van der Waals surface area contributed by atoms with Gasteiger partial charge >= 0.3 is 6.03 Å². The number of primary amides is 1. The Kier molecular flexibility index (Phi) is 8.23. The highest BCUT2D eigenvalue weighted by molar-refractivity contribution is 6.30. The van der Waals surface area contributed by atoms with Crippen molar-refractivity contribution in [3.8, 4) is 5.75 Å². The lowest BCUT2D eigenvalue weighted by atomic mass is 9.97. The number of nitrogens with zero attached hydrogens (tertiary/aromatic N) is 4. The number of ether oxygens (including phenoxy) is 1. The molecular formula is C30H31ClN6O6. The van der Waals surface area contributed by atoms with Crippen molar-refractivity contribution in [2.24, 2.45) is 10.7 Å². The molecule has 1 saturated heterocycles. The van der Waals surface area contributed by atoms with Gasteiger partial charge in [-0.2, -0.15) is 0 Å². The lowest BCUT2D eigenvalue weighted by Crippen LogP contribution is -2.55. The molecule has 3 aromatic rings. The number of halogens is 1. The maximum absolute atomic E-state index is 14.3. The molecule has 0 bridgehead atoms. The summed E-state index contributed by atoms with van der Waals surface area (Å²) >= 11 is 6.18. The third-order valence-corrected chi connectivity index (χ3v) is 7.10. The number of carbonyl (C=O) groups excluding carboxylic acids is 4. The van der Waals surface area contributed by atoms with Crippen LogP contribution in [0, 0.1) is 0 Å². The summed E-state index contributed by atoms with van der Waals surface area (Å²) in [5.41, 5.74) is 6.40. The van der Waals surface area contributed by atoms with Crippen LogP contribution in [0.5, 0.6) is 5.75 Å². The standard InChI is InChI=1S/C30H31ClN6O6/c1-30(2,3)43-23-12-18(22(38)13-24(32)39)6-9-20(23)28-35-26(17-4-7-19(31)8-5-17)27(21-15-42-16-34-21)37(28)29(41)36-11-10-33-25(40)14-36/h4-9,12,15-16,26-27H,10-11,13-14H2,1-3H3,(H2,32,39)(H,33,40)/t26-,27+/m0/s1. The number of piperazine rings is 1. The molecule has 3 heterocycles. The first-order valence-electron chi connectivity index (χ1n) is 13.6. The summed E-state index contributed by atoms with van der Waals surface area (Å²) in [4.78, 5) is 63.2. The highest BCUT2D eigenvalue weighted by Crippen LogP contribution is 2.45. The molecule has 1 fully saturated rings. The number of amidine groups is 1. The summed E-state index contributed by atoms with van der Waals surface area (Å²) in [7, 11) is 0. The third-order valence-electron chi connectivity index (χ3n) is 6.84. The van der Waals surface area contributed by atoms with Crippen LogP contribution in [0.15, 0.2) is 64.5 Å². The van der Waals surface area contributed by atoms with E-state index in [9.17, 15) is 19.2 Å². The molecule has 0 saturated carbocycles. The van der Waals surface area contributed by atoms with E-state index < -0.39 is 41.8 Å². The monoisotopic (exact) mass is 606 g/mol. The van der Waals surface area contributed by atoms with Crippen LogP contribution in [-0.4, -0.2) is 69.5 Å². The number of rotatable bonds is 7. The van der Waals surface area contributed by atoms with Crippen molar-refractivity contribution in [2.75, 3.05) is 19.6 Å². The van der Waals surface area contributed by atoms with E-state index in [4.69, 9.17) is 31.5 Å².